The van der Waals surface area contributed by atoms with Gasteiger partial charge in [0.2, 0.25) is 0 Å². The van der Waals surface area contributed by atoms with Gasteiger partial charge in [-0.15, -0.1) is 10.2 Å². The molecule has 0 spiro atoms. The zero-order chi connectivity index (χ0) is 15.6. The molecule has 0 saturated carbocycles. The van der Waals surface area contributed by atoms with E-state index in [1.54, 1.807) is 0 Å². The van der Waals surface area contributed by atoms with Crippen molar-refractivity contribution in [3.8, 4) is 0 Å². The third-order valence-electron chi connectivity index (χ3n) is 3.44. The molecule has 2 N–H and O–H groups in total. The molecule has 0 amide bonds. The first-order valence-corrected chi connectivity index (χ1v) is 7.36. The molecule has 1 atom stereocenters. The number of hydrogen-bond donors (Lipinski definition) is 2. The van der Waals surface area contributed by atoms with Crippen LogP contribution < -0.4 is 5.32 Å². The number of aromatic amines is 1. The number of hydrogen-bond acceptors (Lipinski definition) is 5. The molecule has 22 heavy (non-hydrogen) atoms. The van der Waals surface area contributed by atoms with E-state index in [1.165, 1.54) is 0 Å². The van der Waals surface area contributed by atoms with E-state index in [0.717, 1.165) is 23.0 Å². The number of nitrogens with zero attached hydrogens (tertiary/aromatic N) is 4. The Morgan fingerprint density at radius 2 is 1.95 bits per heavy atom. The van der Waals surface area contributed by atoms with Crippen molar-refractivity contribution < 1.29 is 0 Å². The van der Waals surface area contributed by atoms with Crippen LogP contribution in [0.3, 0.4) is 0 Å². The van der Waals surface area contributed by atoms with Crippen LogP contribution in [0.1, 0.15) is 39.1 Å². The number of H-pyrrole nitrogens is 1. The molecule has 114 valence electrons. The van der Waals surface area contributed by atoms with Crippen molar-refractivity contribution in [2.45, 2.75) is 33.2 Å². The van der Waals surface area contributed by atoms with Crippen LogP contribution in [0.5, 0.6) is 0 Å². The molecule has 0 aliphatic heterocycles. The smallest absolute Gasteiger partial charge is 0.196 e. The van der Waals surface area contributed by atoms with Gasteiger partial charge in [-0.3, -0.25) is 0 Å². The van der Waals surface area contributed by atoms with Crippen LogP contribution in [0.15, 0.2) is 36.5 Å². The molecular weight excluding hydrogens is 276 g/mol. The predicted octanol–water partition coefficient (Wildman–Crippen LogP) is 3.34. The molecule has 0 radical (unpaired) electrons. The van der Waals surface area contributed by atoms with Crippen molar-refractivity contribution in [2.24, 2.45) is 5.41 Å². The van der Waals surface area contributed by atoms with Gasteiger partial charge in [0.25, 0.3) is 0 Å². The quantitative estimate of drug-likeness (QED) is 0.772. The molecule has 1 unspecified atom stereocenters. The number of anilines is 1. The zero-order valence-corrected chi connectivity index (χ0v) is 13.0. The van der Waals surface area contributed by atoms with Gasteiger partial charge in [-0.05, 0) is 23.3 Å². The molecule has 0 saturated heterocycles. The summed E-state index contributed by atoms with van der Waals surface area (Å²) in [6.45, 7) is 6.57. The second kappa shape index (κ2) is 5.71. The van der Waals surface area contributed by atoms with Gasteiger partial charge in [0.05, 0.1) is 6.04 Å². The molecule has 2 aromatic heterocycles. The number of aromatic nitrogens is 5. The Kier molecular flexibility index (Phi) is 3.75. The van der Waals surface area contributed by atoms with Crippen molar-refractivity contribution in [3.63, 3.8) is 0 Å². The molecule has 0 bridgehead atoms. The Morgan fingerprint density at radius 1 is 1.18 bits per heavy atom. The Hall–Kier alpha value is -2.50. The maximum atomic E-state index is 4.49. The summed E-state index contributed by atoms with van der Waals surface area (Å²) in [7, 11) is 0. The van der Waals surface area contributed by atoms with Crippen LogP contribution in [0.25, 0.3) is 10.8 Å². The van der Waals surface area contributed by atoms with Crippen molar-refractivity contribution >= 4 is 16.6 Å². The topological polar surface area (TPSA) is 79.4 Å². The SMILES string of the molecule is CC(C)(C)CC(Nc1cc2ccccc2cn1)c1nn[nH]n1. The first kappa shape index (κ1) is 14.4. The number of pyridine rings is 1. The zero-order valence-electron chi connectivity index (χ0n) is 13.0. The van der Waals surface area contributed by atoms with Crippen molar-refractivity contribution in [1.82, 2.24) is 25.6 Å². The molecule has 1 aromatic carbocycles. The summed E-state index contributed by atoms with van der Waals surface area (Å²) in [5.74, 6) is 1.47. The highest BCUT2D eigenvalue weighted by atomic mass is 15.5. The first-order chi connectivity index (χ1) is 10.5. The van der Waals surface area contributed by atoms with Crippen LogP contribution in [-0.4, -0.2) is 25.6 Å². The van der Waals surface area contributed by atoms with Gasteiger partial charge in [-0.2, -0.15) is 5.21 Å². The van der Waals surface area contributed by atoms with Gasteiger partial charge in [0, 0.05) is 11.6 Å². The van der Waals surface area contributed by atoms with Crippen LogP contribution >= 0.6 is 0 Å². The van der Waals surface area contributed by atoms with Crippen LogP contribution in [0, 0.1) is 5.41 Å². The van der Waals surface area contributed by atoms with E-state index in [9.17, 15) is 0 Å². The highest BCUT2D eigenvalue weighted by Gasteiger charge is 2.23. The minimum absolute atomic E-state index is 0.0348. The lowest BCUT2D eigenvalue weighted by Gasteiger charge is -2.25. The van der Waals surface area contributed by atoms with Gasteiger partial charge >= 0.3 is 0 Å². The average molecular weight is 296 g/mol. The van der Waals surface area contributed by atoms with E-state index in [2.05, 4.69) is 63.8 Å². The van der Waals surface area contributed by atoms with Gasteiger partial charge < -0.3 is 5.32 Å². The second-order valence-electron chi connectivity index (χ2n) is 6.65. The molecule has 3 aromatic rings. The van der Waals surface area contributed by atoms with Crippen molar-refractivity contribution in [3.05, 3.63) is 42.4 Å². The summed E-state index contributed by atoms with van der Waals surface area (Å²) >= 11 is 0. The lowest BCUT2D eigenvalue weighted by molar-refractivity contribution is 0.346. The minimum Gasteiger partial charge on any atom is -0.360 e. The predicted molar refractivity (Wildman–Crippen MR) is 86.4 cm³/mol. The molecule has 0 aliphatic carbocycles. The summed E-state index contributed by atoms with van der Waals surface area (Å²) in [6.07, 6.45) is 2.75. The molecule has 6 nitrogen and oxygen atoms in total. The molecule has 6 heteroatoms. The fourth-order valence-electron chi connectivity index (χ4n) is 2.48. The molecule has 2 heterocycles. The summed E-state index contributed by atoms with van der Waals surface area (Å²) in [4.78, 5) is 4.49. The molecule has 0 aliphatic rings. The lowest BCUT2D eigenvalue weighted by atomic mass is 9.88. The Labute approximate surface area is 129 Å². The maximum absolute atomic E-state index is 4.49. The fraction of sp³-hybridized carbons (Fsp3) is 0.375. The number of rotatable bonds is 4. The Bertz CT molecular complexity index is 745. The minimum atomic E-state index is -0.0348. The number of fused-ring (bicyclic) bond motifs is 1. The normalized spacial score (nSPS) is 13.2. The second-order valence-corrected chi connectivity index (χ2v) is 6.65. The van der Waals surface area contributed by atoms with E-state index in [4.69, 9.17) is 0 Å². The van der Waals surface area contributed by atoms with E-state index in [0.29, 0.717) is 5.82 Å². The third kappa shape index (κ3) is 3.39. The van der Waals surface area contributed by atoms with Gasteiger partial charge in [-0.1, -0.05) is 50.3 Å². The Balaban J connectivity index is 1.88. The monoisotopic (exact) mass is 296 g/mol. The Morgan fingerprint density at radius 3 is 2.64 bits per heavy atom. The van der Waals surface area contributed by atoms with E-state index < -0.39 is 0 Å². The lowest BCUT2D eigenvalue weighted by Crippen LogP contribution is -2.20. The largest absolute Gasteiger partial charge is 0.360 e. The van der Waals surface area contributed by atoms with Crippen molar-refractivity contribution in [2.75, 3.05) is 5.32 Å². The van der Waals surface area contributed by atoms with E-state index in [-0.39, 0.29) is 11.5 Å². The number of tetrazole rings is 1. The molecular formula is C16H20N6. The van der Waals surface area contributed by atoms with Crippen LogP contribution in [0.4, 0.5) is 5.82 Å². The highest BCUT2D eigenvalue weighted by molar-refractivity contribution is 5.83. The maximum Gasteiger partial charge on any atom is 0.196 e. The van der Waals surface area contributed by atoms with Gasteiger partial charge in [0.15, 0.2) is 5.82 Å². The fourth-order valence-corrected chi connectivity index (χ4v) is 2.48. The summed E-state index contributed by atoms with van der Waals surface area (Å²) in [5, 5.41) is 20.1. The number of benzene rings is 1. The van der Waals surface area contributed by atoms with Gasteiger partial charge in [-0.25, -0.2) is 4.98 Å². The van der Waals surface area contributed by atoms with E-state index in [1.807, 2.05) is 24.4 Å². The summed E-state index contributed by atoms with van der Waals surface area (Å²) in [6, 6.07) is 10.2. The average Bonchev–Trinajstić information content (AvgIpc) is 2.99. The van der Waals surface area contributed by atoms with Crippen LogP contribution in [0.2, 0.25) is 0 Å². The van der Waals surface area contributed by atoms with E-state index >= 15 is 0 Å². The standard InChI is InChI=1S/C16H20N6/c1-16(2,3)9-13(15-19-21-22-20-15)18-14-8-11-6-4-5-7-12(11)10-17-14/h4-8,10,13H,9H2,1-3H3,(H,17,18)(H,19,20,21,22). The van der Waals surface area contributed by atoms with Gasteiger partial charge in [0.1, 0.15) is 5.82 Å². The molecule has 0 fully saturated rings. The number of nitrogens with one attached hydrogen (secondary N) is 2. The summed E-state index contributed by atoms with van der Waals surface area (Å²) in [5.41, 5.74) is 0.134. The molecule has 3 rings (SSSR count). The first-order valence-electron chi connectivity index (χ1n) is 7.36. The van der Waals surface area contributed by atoms with Crippen molar-refractivity contribution in [1.29, 1.82) is 0 Å². The highest BCUT2D eigenvalue weighted by Crippen LogP contribution is 2.30. The van der Waals surface area contributed by atoms with Crippen LogP contribution in [-0.2, 0) is 0 Å². The summed E-state index contributed by atoms with van der Waals surface area (Å²) < 4.78 is 0. The third-order valence-corrected chi connectivity index (χ3v) is 3.44.